The number of aromatic nitrogens is 2. The van der Waals surface area contributed by atoms with Crippen molar-refractivity contribution in [1.82, 2.24) is 19.8 Å². The number of oxazole rings is 1. The van der Waals surface area contributed by atoms with E-state index in [0.717, 1.165) is 36.7 Å². The van der Waals surface area contributed by atoms with Gasteiger partial charge < -0.3 is 19.2 Å². The molecule has 0 saturated carbocycles. The van der Waals surface area contributed by atoms with E-state index >= 15 is 0 Å². The molecule has 0 aliphatic heterocycles. The fourth-order valence-corrected chi connectivity index (χ4v) is 2.92. The SMILES string of the molecule is CN=C(NCCc1coc(-c2ccc(C)cc2)n1)N(C)Cc1cccn1C.I. The summed E-state index contributed by atoms with van der Waals surface area (Å²) in [4.78, 5) is 11.1. The van der Waals surface area contributed by atoms with E-state index in [0.29, 0.717) is 5.89 Å². The molecule has 1 N–H and O–H groups in total. The number of aryl methyl sites for hydroxylation is 2. The summed E-state index contributed by atoms with van der Waals surface area (Å²) < 4.78 is 7.74. The molecule has 0 atom stereocenters. The maximum absolute atomic E-state index is 5.62. The van der Waals surface area contributed by atoms with Gasteiger partial charge in [-0.3, -0.25) is 4.99 Å². The van der Waals surface area contributed by atoms with Crippen LogP contribution in [0.25, 0.3) is 11.5 Å². The second-order valence-corrected chi connectivity index (χ2v) is 6.70. The number of halogens is 1. The first-order chi connectivity index (χ1) is 13.1. The Morgan fingerprint density at radius 3 is 2.64 bits per heavy atom. The first kappa shape index (κ1) is 22.0. The molecule has 1 aromatic carbocycles. The van der Waals surface area contributed by atoms with Crippen molar-refractivity contribution in [3.8, 4) is 11.5 Å². The highest BCUT2D eigenvalue weighted by Gasteiger charge is 2.10. The first-order valence-electron chi connectivity index (χ1n) is 9.10. The predicted octanol–water partition coefficient (Wildman–Crippen LogP) is 3.86. The maximum Gasteiger partial charge on any atom is 0.226 e. The fraction of sp³-hybridized carbons (Fsp3) is 0.333. The molecule has 0 unspecified atom stereocenters. The number of nitrogens with zero attached hydrogens (tertiary/aromatic N) is 4. The van der Waals surface area contributed by atoms with Crippen LogP contribution in [0.1, 0.15) is 17.0 Å². The Balaban J connectivity index is 0.00000280. The van der Waals surface area contributed by atoms with E-state index in [-0.39, 0.29) is 24.0 Å². The third kappa shape index (κ3) is 5.60. The zero-order valence-corrected chi connectivity index (χ0v) is 19.2. The number of hydrogen-bond donors (Lipinski definition) is 1. The van der Waals surface area contributed by atoms with Crippen molar-refractivity contribution in [2.75, 3.05) is 20.6 Å². The Labute approximate surface area is 183 Å². The third-order valence-corrected chi connectivity index (χ3v) is 4.54. The van der Waals surface area contributed by atoms with E-state index in [1.165, 1.54) is 11.3 Å². The smallest absolute Gasteiger partial charge is 0.226 e. The van der Waals surface area contributed by atoms with Crippen molar-refractivity contribution in [2.45, 2.75) is 19.9 Å². The molecule has 2 heterocycles. The summed E-state index contributed by atoms with van der Waals surface area (Å²) in [6.07, 6.45) is 4.55. The van der Waals surface area contributed by atoms with Crippen LogP contribution < -0.4 is 5.32 Å². The summed E-state index contributed by atoms with van der Waals surface area (Å²) in [5.41, 5.74) is 4.39. The van der Waals surface area contributed by atoms with Gasteiger partial charge in [0.2, 0.25) is 5.89 Å². The monoisotopic (exact) mass is 493 g/mol. The van der Waals surface area contributed by atoms with Gasteiger partial charge >= 0.3 is 0 Å². The highest BCUT2D eigenvalue weighted by Crippen LogP contribution is 2.19. The second-order valence-electron chi connectivity index (χ2n) is 6.70. The van der Waals surface area contributed by atoms with Crippen LogP contribution >= 0.6 is 24.0 Å². The summed E-state index contributed by atoms with van der Waals surface area (Å²) in [5, 5.41) is 3.39. The number of rotatable bonds is 6. The minimum absolute atomic E-state index is 0. The molecule has 150 valence electrons. The molecule has 0 amide bonds. The van der Waals surface area contributed by atoms with Gasteiger partial charge in [-0.25, -0.2) is 4.98 Å². The molecule has 0 bridgehead atoms. The average molecular weight is 493 g/mol. The maximum atomic E-state index is 5.62. The van der Waals surface area contributed by atoms with E-state index in [2.05, 4.69) is 69.2 Å². The van der Waals surface area contributed by atoms with Crippen LogP contribution in [0.3, 0.4) is 0 Å². The Morgan fingerprint density at radius 1 is 1.25 bits per heavy atom. The van der Waals surface area contributed by atoms with Crippen molar-refractivity contribution in [2.24, 2.45) is 12.0 Å². The largest absolute Gasteiger partial charge is 0.444 e. The molecular weight excluding hydrogens is 465 g/mol. The molecule has 2 aromatic heterocycles. The van der Waals surface area contributed by atoms with E-state index in [9.17, 15) is 0 Å². The van der Waals surface area contributed by atoms with Gasteiger partial charge in [-0.15, -0.1) is 24.0 Å². The Bertz CT molecular complexity index is 898. The fourth-order valence-electron chi connectivity index (χ4n) is 2.92. The lowest BCUT2D eigenvalue weighted by atomic mass is 10.1. The van der Waals surface area contributed by atoms with Gasteiger partial charge in [0.05, 0.1) is 12.2 Å². The molecule has 0 aliphatic carbocycles. The van der Waals surface area contributed by atoms with Gasteiger partial charge in [0.25, 0.3) is 0 Å². The summed E-state index contributed by atoms with van der Waals surface area (Å²) in [7, 11) is 5.89. The van der Waals surface area contributed by atoms with Crippen molar-refractivity contribution >= 4 is 29.9 Å². The second kappa shape index (κ2) is 10.3. The quantitative estimate of drug-likeness (QED) is 0.322. The molecule has 0 saturated heterocycles. The molecule has 0 spiro atoms. The van der Waals surface area contributed by atoms with Crippen molar-refractivity contribution < 1.29 is 4.42 Å². The van der Waals surface area contributed by atoms with Crippen LogP contribution in [0.4, 0.5) is 0 Å². The van der Waals surface area contributed by atoms with Crippen LogP contribution in [-0.2, 0) is 20.0 Å². The van der Waals surface area contributed by atoms with Crippen LogP contribution in [0, 0.1) is 6.92 Å². The topological polar surface area (TPSA) is 58.6 Å². The van der Waals surface area contributed by atoms with Crippen LogP contribution in [0.15, 0.2) is 58.3 Å². The van der Waals surface area contributed by atoms with Crippen molar-refractivity contribution in [3.05, 3.63) is 65.8 Å². The minimum Gasteiger partial charge on any atom is -0.444 e. The third-order valence-electron chi connectivity index (χ3n) is 4.54. The highest BCUT2D eigenvalue weighted by molar-refractivity contribution is 14.0. The van der Waals surface area contributed by atoms with Crippen molar-refractivity contribution in [3.63, 3.8) is 0 Å². The van der Waals surface area contributed by atoms with Gasteiger partial charge in [0.1, 0.15) is 6.26 Å². The Hall–Kier alpha value is -2.29. The van der Waals surface area contributed by atoms with E-state index in [1.54, 1.807) is 13.3 Å². The zero-order chi connectivity index (χ0) is 19.2. The summed E-state index contributed by atoms with van der Waals surface area (Å²) in [6, 6.07) is 12.4. The molecule has 0 fully saturated rings. The highest BCUT2D eigenvalue weighted by atomic mass is 127. The lowest BCUT2D eigenvalue weighted by Gasteiger charge is -2.22. The normalized spacial score (nSPS) is 11.2. The van der Waals surface area contributed by atoms with Crippen molar-refractivity contribution in [1.29, 1.82) is 0 Å². The predicted molar refractivity (Wildman–Crippen MR) is 124 cm³/mol. The lowest BCUT2D eigenvalue weighted by molar-refractivity contribution is 0.462. The van der Waals surface area contributed by atoms with Crippen LogP contribution in [0.2, 0.25) is 0 Å². The lowest BCUT2D eigenvalue weighted by Crippen LogP contribution is -2.39. The average Bonchev–Trinajstić information content (AvgIpc) is 3.29. The van der Waals surface area contributed by atoms with E-state index < -0.39 is 0 Å². The molecule has 3 rings (SSSR count). The summed E-state index contributed by atoms with van der Waals surface area (Å²) in [5.74, 6) is 1.52. The minimum atomic E-state index is 0. The molecule has 6 nitrogen and oxygen atoms in total. The first-order valence-corrected chi connectivity index (χ1v) is 9.10. The molecule has 28 heavy (non-hydrogen) atoms. The van der Waals surface area contributed by atoms with Crippen LogP contribution in [-0.4, -0.2) is 41.1 Å². The van der Waals surface area contributed by atoms with Gasteiger partial charge in [-0.05, 0) is 31.2 Å². The van der Waals surface area contributed by atoms with Gasteiger partial charge in [-0.2, -0.15) is 0 Å². The number of benzene rings is 1. The Morgan fingerprint density at radius 2 is 2.00 bits per heavy atom. The zero-order valence-electron chi connectivity index (χ0n) is 16.8. The Kier molecular flexibility index (Phi) is 8.10. The number of nitrogens with one attached hydrogen (secondary N) is 1. The van der Waals surface area contributed by atoms with E-state index in [1.807, 2.05) is 19.2 Å². The number of guanidine groups is 1. The van der Waals surface area contributed by atoms with Crippen LogP contribution in [0.5, 0.6) is 0 Å². The summed E-state index contributed by atoms with van der Waals surface area (Å²) >= 11 is 0. The molecular formula is C21H28IN5O. The van der Waals surface area contributed by atoms with E-state index in [4.69, 9.17) is 4.42 Å². The van der Waals surface area contributed by atoms with Gasteiger partial charge in [0, 0.05) is 51.6 Å². The molecule has 0 radical (unpaired) electrons. The molecule has 3 aromatic rings. The number of aliphatic imine (C=N–C) groups is 1. The van der Waals surface area contributed by atoms with Gasteiger partial charge in [0.15, 0.2) is 5.96 Å². The standard InChI is InChI=1S/C21H27N5O.HI/c1-16-7-9-17(10-8-16)20-24-18(15-27-20)11-12-23-21(22-2)26(4)14-19-6-5-13-25(19)3;/h5-10,13,15H,11-12,14H2,1-4H3,(H,22,23);1H. The molecule has 7 heteroatoms. The summed E-state index contributed by atoms with van der Waals surface area (Å²) in [6.45, 7) is 3.60. The number of hydrogen-bond acceptors (Lipinski definition) is 3. The molecule has 0 aliphatic rings. The van der Waals surface area contributed by atoms with Gasteiger partial charge in [-0.1, -0.05) is 17.7 Å².